The highest BCUT2D eigenvalue weighted by Crippen LogP contribution is 2.38. The maximum atomic E-state index is 13.1. The van der Waals surface area contributed by atoms with Gasteiger partial charge in [0, 0.05) is 37.1 Å². The zero-order chi connectivity index (χ0) is 25.1. The van der Waals surface area contributed by atoms with Crippen molar-refractivity contribution in [2.45, 2.75) is 32.9 Å². The first kappa shape index (κ1) is 24.5. The molecule has 2 amide bonds. The molecule has 3 heterocycles. The summed E-state index contributed by atoms with van der Waals surface area (Å²) in [6.07, 6.45) is 0.816. The minimum absolute atomic E-state index is 0.0593. The number of hydrogen-bond donors (Lipinski definition) is 0. The number of rotatable bonds is 6. The Hall–Kier alpha value is -3.19. The van der Waals surface area contributed by atoms with Crippen LogP contribution in [0.4, 0.5) is 0 Å². The third kappa shape index (κ3) is 5.16. The lowest BCUT2D eigenvalue weighted by Gasteiger charge is -2.39. The van der Waals surface area contributed by atoms with Gasteiger partial charge in [0.2, 0.25) is 5.91 Å². The predicted octanol–water partition coefficient (Wildman–Crippen LogP) is 5.18. The molecular weight excluding hydrogens is 472 g/mol. The molecule has 1 saturated heterocycles. The molecule has 0 saturated carbocycles. The Labute approximate surface area is 216 Å². The Balaban J connectivity index is 1.34. The monoisotopic (exact) mass is 504 g/mol. The van der Waals surface area contributed by atoms with Crippen molar-refractivity contribution < 1.29 is 18.7 Å². The first-order chi connectivity index (χ1) is 17.5. The van der Waals surface area contributed by atoms with Gasteiger partial charge in [0.1, 0.15) is 18.1 Å². The summed E-state index contributed by atoms with van der Waals surface area (Å²) in [4.78, 5) is 29.7. The van der Waals surface area contributed by atoms with E-state index in [9.17, 15) is 9.59 Å². The number of benzene rings is 2. The van der Waals surface area contributed by atoms with Crippen LogP contribution in [0, 0.1) is 5.92 Å². The van der Waals surface area contributed by atoms with Crippen LogP contribution in [0.2, 0.25) is 0 Å². The summed E-state index contributed by atoms with van der Waals surface area (Å²) >= 11 is 1.87. The maximum absolute atomic E-state index is 13.1. The number of furan rings is 1. The normalized spacial score (nSPS) is 17.7. The third-order valence-electron chi connectivity index (χ3n) is 6.79. The van der Waals surface area contributed by atoms with Crippen LogP contribution in [0.3, 0.4) is 0 Å². The lowest BCUT2D eigenvalue weighted by molar-refractivity contribution is -0.136. The van der Waals surface area contributed by atoms with Gasteiger partial charge in [-0.3, -0.25) is 9.59 Å². The van der Waals surface area contributed by atoms with Gasteiger partial charge in [-0.1, -0.05) is 50.2 Å². The van der Waals surface area contributed by atoms with Crippen molar-refractivity contribution in [2.75, 3.05) is 31.1 Å². The smallest absolute Gasteiger partial charge is 0.289 e. The highest BCUT2D eigenvalue weighted by molar-refractivity contribution is 7.99. The van der Waals surface area contributed by atoms with Gasteiger partial charge in [0.25, 0.3) is 5.91 Å². The number of thioether (sulfide) groups is 1. The van der Waals surface area contributed by atoms with Crippen molar-refractivity contribution in [3.63, 3.8) is 0 Å². The van der Waals surface area contributed by atoms with Crippen LogP contribution in [0.25, 0.3) is 0 Å². The average Bonchev–Trinajstić information content (AvgIpc) is 3.40. The third-order valence-corrected chi connectivity index (χ3v) is 7.73. The molecule has 1 aromatic heterocycles. The molecule has 188 valence electrons. The number of hydrogen-bond acceptors (Lipinski definition) is 5. The Morgan fingerprint density at radius 2 is 1.81 bits per heavy atom. The molecule has 0 N–H and O–H groups in total. The van der Waals surface area contributed by atoms with Crippen molar-refractivity contribution >= 4 is 23.6 Å². The molecule has 1 atom stereocenters. The van der Waals surface area contributed by atoms with Crippen molar-refractivity contribution in [1.29, 1.82) is 0 Å². The Morgan fingerprint density at radius 1 is 1.03 bits per heavy atom. The molecule has 1 fully saturated rings. The van der Waals surface area contributed by atoms with E-state index in [0.29, 0.717) is 23.8 Å². The van der Waals surface area contributed by atoms with E-state index >= 15 is 0 Å². The predicted molar refractivity (Wildman–Crippen MR) is 141 cm³/mol. The van der Waals surface area contributed by atoms with Crippen LogP contribution in [0.5, 0.6) is 5.75 Å². The quantitative estimate of drug-likeness (QED) is 0.463. The molecule has 2 aliphatic heterocycles. The molecule has 0 unspecified atom stereocenters. The van der Waals surface area contributed by atoms with Crippen LogP contribution in [-0.2, 0) is 17.8 Å². The van der Waals surface area contributed by atoms with E-state index in [1.54, 1.807) is 12.1 Å². The summed E-state index contributed by atoms with van der Waals surface area (Å²) in [5.74, 6) is 3.63. The van der Waals surface area contributed by atoms with Crippen LogP contribution in [0.15, 0.2) is 65.1 Å². The molecule has 36 heavy (non-hydrogen) atoms. The molecule has 7 heteroatoms. The summed E-state index contributed by atoms with van der Waals surface area (Å²) in [6, 6.07) is 19.7. The second-order valence-corrected chi connectivity index (χ2v) is 10.8. The minimum Gasteiger partial charge on any atom is -0.486 e. The van der Waals surface area contributed by atoms with Crippen LogP contribution >= 0.6 is 11.8 Å². The van der Waals surface area contributed by atoms with Gasteiger partial charge >= 0.3 is 0 Å². The van der Waals surface area contributed by atoms with Crippen molar-refractivity contribution in [3.05, 3.63) is 88.9 Å². The van der Waals surface area contributed by atoms with E-state index in [0.717, 1.165) is 42.1 Å². The fourth-order valence-electron chi connectivity index (χ4n) is 4.89. The zero-order valence-electron chi connectivity index (χ0n) is 20.8. The molecule has 5 rings (SSSR count). The van der Waals surface area contributed by atoms with Crippen molar-refractivity contribution in [3.8, 4) is 5.75 Å². The van der Waals surface area contributed by atoms with E-state index in [2.05, 4.69) is 18.2 Å². The van der Waals surface area contributed by atoms with Crippen LogP contribution in [0.1, 0.15) is 52.9 Å². The lowest BCUT2D eigenvalue weighted by Crippen LogP contribution is -2.42. The van der Waals surface area contributed by atoms with E-state index in [1.807, 2.05) is 65.7 Å². The molecule has 0 spiro atoms. The molecule has 3 aromatic rings. The molecule has 0 aliphatic carbocycles. The zero-order valence-corrected chi connectivity index (χ0v) is 21.6. The Morgan fingerprint density at radius 3 is 2.56 bits per heavy atom. The van der Waals surface area contributed by atoms with Crippen molar-refractivity contribution in [2.24, 2.45) is 5.92 Å². The number of amides is 2. The molecule has 2 aliphatic rings. The second kappa shape index (κ2) is 10.8. The number of carbonyl (C=O) groups is 2. The van der Waals surface area contributed by atoms with Gasteiger partial charge in [-0.25, -0.2) is 0 Å². The molecule has 0 bridgehead atoms. The molecule has 2 aromatic carbocycles. The fourth-order valence-corrected chi connectivity index (χ4v) is 5.80. The summed E-state index contributed by atoms with van der Waals surface area (Å²) in [5, 5.41) is 0. The van der Waals surface area contributed by atoms with Gasteiger partial charge in [-0.2, -0.15) is 11.8 Å². The lowest BCUT2D eigenvalue weighted by atomic mass is 9.87. The first-order valence-electron chi connectivity index (χ1n) is 12.6. The number of nitrogens with zero attached hydrogens (tertiary/aromatic N) is 2. The first-order valence-corrected chi connectivity index (χ1v) is 13.7. The number of carbonyl (C=O) groups excluding carboxylic acids is 2. The maximum Gasteiger partial charge on any atom is 0.289 e. The van der Waals surface area contributed by atoms with E-state index < -0.39 is 0 Å². The number of fused-ring (bicyclic) bond motifs is 1. The van der Waals surface area contributed by atoms with Crippen LogP contribution < -0.4 is 4.74 Å². The van der Waals surface area contributed by atoms with E-state index in [1.165, 1.54) is 5.56 Å². The fraction of sp³-hybridized carbons (Fsp3) is 0.379. The van der Waals surface area contributed by atoms with Gasteiger partial charge in [-0.05, 0) is 47.4 Å². The Bertz CT molecular complexity index is 1220. The molecular formula is C29H32N2O4S. The van der Waals surface area contributed by atoms with E-state index in [-0.39, 0.29) is 30.4 Å². The highest BCUT2D eigenvalue weighted by Gasteiger charge is 2.33. The summed E-state index contributed by atoms with van der Waals surface area (Å²) < 4.78 is 11.9. The second-order valence-electron chi connectivity index (χ2n) is 9.57. The summed E-state index contributed by atoms with van der Waals surface area (Å²) in [7, 11) is 0. The minimum atomic E-state index is -0.149. The molecule has 0 radical (unpaired) electrons. The van der Waals surface area contributed by atoms with E-state index in [4.69, 9.17) is 9.15 Å². The largest absolute Gasteiger partial charge is 0.486 e. The van der Waals surface area contributed by atoms with Crippen molar-refractivity contribution in [1.82, 2.24) is 9.80 Å². The van der Waals surface area contributed by atoms with Gasteiger partial charge in [-0.15, -0.1) is 0 Å². The van der Waals surface area contributed by atoms with Gasteiger partial charge in [0.15, 0.2) is 5.76 Å². The van der Waals surface area contributed by atoms with Gasteiger partial charge < -0.3 is 19.0 Å². The Kier molecular flexibility index (Phi) is 7.37. The average molecular weight is 505 g/mol. The molecule has 6 nitrogen and oxygen atoms in total. The standard InChI is InChI=1S/C29H32N2O4S/c1-20(2)28(32)31-13-12-21-8-9-23(18-25(21)27(31)22-6-4-3-5-7-22)34-19-24-10-11-26(35-24)29(33)30-14-16-36-17-15-30/h3-11,18,20,27H,12-17,19H2,1-2H3/t27-/m1/s1. The van der Waals surface area contributed by atoms with Crippen LogP contribution in [-0.4, -0.2) is 52.8 Å². The summed E-state index contributed by atoms with van der Waals surface area (Å²) in [5.41, 5.74) is 3.42. The van der Waals surface area contributed by atoms with Gasteiger partial charge in [0.05, 0.1) is 6.04 Å². The SMILES string of the molecule is CC(C)C(=O)N1CCc2ccc(OCc3ccc(C(=O)N4CCSCC4)o3)cc2[C@H]1c1ccccc1. The number of ether oxygens (including phenoxy) is 1. The topological polar surface area (TPSA) is 63.0 Å². The highest BCUT2D eigenvalue weighted by atomic mass is 32.2. The summed E-state index contributed by atoms with van der Waals surface area (Å²) in [6.45, 7) is 6.33.